The van der Waals surface area contributed by atoms with Crippen LogP contribution >= 0.6 is 0 Å². The van der Waals surface area contributed by atoms with Crippen LogP contribution in [0.5, 0.6) is 0 Å². The monoisotopic (exact) mass is 491 g/mol. The second kappa shape index (κ2) is 8.09. The maximum absolute atomic E-state index is 10.5. The third-order valence-corrected chi connectivity index (χ3v) is 7.06. The molecule has 9 nitrogen and oxygen atoms in total. The van der Waals surface area contributed by atoms with Crippen LogP contribution in [0.2, 0.25) is 0 Å². The average Bonchev–Trinajstić information content (AvgIpc) is 3.46. The minimum atomic E-state index is -1.28. The van der Waals surface area contributed by atoms with E-state index in [0.29, 0.717) is 11.2 Å². The number of aromatic nitrogens is 4. The van der Waals surface area contributed by atoms with Crippen LogP contribution in [0.25, 0.3) is 43.5 Å². The maximum atomic E-state index is 10.5. The van der Waals surface area contributed by atoms with Crippen molar-refractivity contribution in [3.8, 4) is 11.8 Å². The van der Waals surface area contributed by atoms with Gasteiger partial charge in [0.15, 0.2) is 17.7 Å². The number of hydrogen-bond acceptors (Lipinski definition) is 8. The highest BCUT2D eigenvalue weighted by molar-refractivity contribution is 6.24. The smallest absolute Gasteiger partial charge is 0.209 e. The Morgan fingerprint density at radius 3 is 2.46 bits per heavy atom. The zero-order chi connectivity index (χ0) is 25.3. The fraction of sp³-hybridized carbons (Fsp3) is 0.179. The molecule has 2 aromatic heterocycles. The first kappa shape index (κ1) is 21.9. The molecule has 1 aliphatic heterocycles. The van der Waals surface area contributed by atoms with Gasteiger partial charge in [0.25, 0.3) is 0 Å². The first-order valence-corrected chi connectivity index (χ1v) is 11.8. The van der Waals surface area contributed by atoms with E-state index in [1.165, 1.54) is 27.1 Å². The molecule has 0 saturated carbocycles. The van der Waals surface area contributed by atoms with Crippen LogP contribution in [0.4, 0.5) is 5.82 Å². The number of nitrogens with zero attached hydrogens (tertiary/aromatic N) is 4. The summed E-state index contributed by atoms with van der Waals surface area (Å²) in [5, 5.41) is 36.9. The van der Waals surface area contributed by atoms with Gasteiger partial charge in [-0.2, -0.15) is 0 Å². The van der Waals surface area contributed by atoms with Gasteiger partial charge in [-0.25, -0.2) is 15.0 Å². The number of nitrogens with two attached hydrogens (primary N) is 1. The van der Waals surface area contributed by atoms with Gasteiger partial charge in [0, 0.05) is 5.56 Å². The predicted octanol–water partition coefficient (Wildman–Crippen LogP) is 2.32. The first-order chi connectivity index (χ1) is 18.0. The number of benzene rings is 4. The Labute approximate surface area is 210 Å². The van der Waals surface area contributed by atoms with Crippen LogP contribution in [-0.4, -0.2) is 59.8 Å². The predicted molar refractivity (Wildman–Crippen MR) is 139 cm³/mol. The number of hydrogen-bond donors (Lipinski definition) is 4. The number of aliphatic hydroxyl groups is 3. The second-order valence-electron chi connectivity index (χ2n) is 9.21. The second-order valence-corrected chi connectivity index (χ2v) is 9.21. The topological polar surface area (TPSA) is 140 Å². The fourth-order valence-electron chi connectivity index (χ4n) is 5.28. The van der Waals surface area contributed by atoms with Gasteiger partial charge in [0.2, 0.25) is 5.82 Å². The number of anilines is 1. The zero-order valence-electron chi connectivity index (χ0n) is 19.4. The Bertz CT molecular complexity index is 1890. The summed E-state index contributed by atoms with van der Waals surface area (Å²) < 4.78 is 7.11. The maximum Gasteiger partial charge on any atom is 0.209 e. The quantitative estimate of drug-likeness (QED) is 0.214. The van der Waals surface area contributed by atoms with Gasteiger partial charge in [0.1, 0.15) is 23.8 Å². The standard InChI is InChI=1S/C28H21N5O4/c29-26-23-27(33(13-30-23)28-25(36)24(35)19(12-34)37-28)32-20(31-26)10-9-16-11-17-5-1-3-14-7-8-15-4-2-6-18(16)22(15)21(14)17/h1-8,11,13,19,24-25,28,34-36H,12H2,(H2,29,31,32)/t19-,24-,25-,28-/m1/s1. The van der Waals surface area contributed by atoms with Gasteiger partial charge < -0.3 is 25.8 Å². The molecule has 0 aliphatic carbocycles. The molecule has 182 valence electrons. The number of imidazole rings is 1. The van der Waals surface area contributed by atoms with Gasteiger partial charge in [0.05, 0.1) is 12.9 Å². The van der Waals surface area contributed by atoms with E-state index in [-0.39, 0.29) is 11.6 Å². The zero-order valence-corrected chi connectivity index (χ0v) is 19.4. The highest BCUT2D eigenvalue weighted by Crippen LogP contribution is 2.36. The van der Waals surface area contributed by atoms with Crippen molar-refractivity contribution < 1.29 is 20.1 Å². The molecule has 7 rings (SSSR count). The van der Waals surface area contributed by atoms with E-state index in [0.717, 1.165) is 21.7 Å². The van der Waals surface area contributed by atoms with Crippen LogP contribution in [-0.2, 0) is 4.74 Å². The van der Waals surface area contributed by atoms with Gasteiger partial charge >= 0.3 is 0 Å². The summed E-state index contributed by atoms with van der Waals surface area (Å²) in [6.45, 7) is -0.437. The molecule has 0 bridgehead atoms. The van der Waals surface area contributed by atoms with Crippen LogP contribution < -0.4 is 5.73 Å². The summed E-state index contributed by atoms with van der Waals surface area (Å²) in [5.74, 6) is 6.60. The van der Waals surface area contributed by atoms with E-state index in [9.17, 15) is 15.3 Å². The number of rotatable bonds is 2. The molecule has 37 heavy (non-hydrogen) atoms. The van der Waals surface area contributed by atoms with E-state index in [2.05, 4.69) is 69.3 Å². The lowest BCUT2D eigenvalue weighted by Gasteiger charge is -2.16. The molecule has 1 aliphatic rings. The lowest BCUT2D eigenvalue weighted by Crippen LogP contribution is -2.33. The SMILES string of the molecule is Nc1nc(C#Cc2cc3cccc4ccc5cccc2c5c43)nc2c1ncn2[C@@H]1O[C@H](CO)[C@@H](O)[C@H]1O. The van der Waals surface area contributed by atoms with Crippen molar-refractivity contribution in [3.05, 3.63) is 72.3 Å². The van der Waals surface area contributed by atoms with Crippen LogP contribution in [0.15, 0.2) is 60.9 Å². The molecule has 0 spiro atoms. The minimum absolute atomic E-state index is 0.134. The van der Waals surface area contributed by atoms with E-state index in [1.807, 2.05) is 12.1 Å². The molecule has 9 heteroatoms. The highest BCUT2D eigenvalue weighted by atomic mass is 16.6. The number of fused-ring (bicyclic) bond motifs is 1. The summed E-state index contributed by atoms with van der Waals surface area (Å²) in [6.07, 6.45) is -3.04. The molecule has 6 aromatic rings. The summed E-state index contributed by atoms with van der Waals surface area (Å²) in [5.41, 5.74) is 7.64. The average molecular weight is 492 g/mol. The Morgan fingerprint density at radius 1 is 0.919 bits per heavy atom. The Kier molecular flexibility index (Phi) is 4.79. The van der Waals surface area contributed by atoms with Crippen molar-refractivity contribution in [1.82, 2.24) is 19.5 Å². The van der Waals surface area contributed by atoms with Crippen LogP contribution in [0.1, 0.15) is 17.6 Å². The molecule has 0 unspecified atom stereocenters. The van der Waals surface area contributed by atoms with E-state index >= 15 is 0 Å². The van der Waals surface area contributed by atoms with Crippen LogP contribution in [0.3, 0.4) is 0 Å². The Morgan fingerprint density at radius 2 is 1.68 bits per heavy atom. The number of aliphatic hydroxyl groups excluding tert-OH is 3. The van der Waals surface area contributed by atoms with Crippen LogP contribution in [0, 0.1) is 11.8 Å². The Balaban J connectivity index is 1.36. The Hall–Kier alpha value is -4.33. The minimum Gasteiger partial charge on any atom is -0.394 e. The molecule has 3 heterocycles. The molecular formula is C28H21N5O4. The molecule has 1 saturated heterocycles. The molecular weight excluding hydrogens is 470 g/mol. The van der Waals surface area contributed by atoms with E-state index < -0.39 is 31.1 Å². The highest BCUT2D eigenvalue weighted by Gasteiger charge is 2.44. The molecule has 1 fully saturated rings. The lowest BCUT2D eigenvalue weighted by atomic mass is 9.91. The summed E-state index contributed by atoms with van der Waals surface area (Å²) in [7, 11) is 0. The number of ether oxygens (including phenoxy) is 1. The molecule has 5 N–H and O–H groups in total. The van der Waals surface area contributed by atoms with Crippen molar-refractivity contribution in [2.75, 3.05) is 12.3 Å². The van der Waals surface area contributed by atoms with Gasteiger partial charge in [-0.1, -0.05) is 54.5 Å². The van der Waals surface area contributed by atoms with Crippen molar-refractivity contribution >= 4 is 49.3 Å². The van der Waals surface area contributed by atoms with Crippen molar-refractivity contribution in [1.29, 1.82) is 0 Å². The molecule has 4 aromatic carbocycles. The van der Waals surface area contributed by atoms with Gasteiger partial charge in [-0.15, -0.1) is 0 Å². The first-order valence-electron chi connectivity index (χ1n) is 11.8. The third-order valence-electron chi connectivity index (χ3n) is 7.06. The van der Waals surface area contributed by atoms with Crippen molar-refractivity contribution in [2.45, 2.75) is 24.5 Å². The molecule has 4 atom stereocenters. The van der Waals surface area contributed by atoms with Gasteiger partial charge in [-0.05, 0) is 44.3 Å². The number of nitrogen functional groups attached to an aromatic ring is 1. The normalized spacial score (nSPS) is 21.8. The van der Waals surface area contributed by atoms with Crippen molar-refractivity contribution in [3.63, 3.8) is 0 Å². The lowest BCUT2D eigenvalue weighted by molar-refractivity contribution is -0.0511. The van der Waals surface area contributed by atoms with E-state index in [1.54, 1.807) is 0 Å². The largest absolute Gasteiger partial charge is 0.394 e. The molecule has 0 amide bonds. The van der Waals surface area contributed by atoms with Crippen molar-refractivity contribution in [2.24, 2.45) is 0 Å². The fourth-order valence-corrected chi connectivity index (χ4v) is 5.28. The summed E-state index contributed by atoms with van der Waals surface area (Å²) >= 11 is 0. The third kappa shape index (κ3) is 3.25. The summed E-state index contributed by atoms with van der Waals surface area (Å²) in [4.78, 5) is 13.1. The van der Waals surface area contributed by atoms with E-state index in [4.69, 9.17) is 10.5 Å². The van der Waals surface area contributed by atoms with Gasteiger partial charge in [-0.3, -0.25) is 4.57 Å². The molecule has 0 radical (unpaired) electrons. The summed E-state index contributed by atoms with van der Waals surface area (Å²) in [6, 6.07) is 18.7.